The van der Waals surface area contributed by atoms with Gasteiger partial charge in [0.05, 0.1) is 33.0 Å². The van der Waals surface area contributed by atoms with E-state index < -0.39 is 0 Å². The summed E-state index contributed by atoms with van der Waals surface area (Å²) in [7, 11) is 0. The fraction of sp³-hybridized carbons (Fsp3) is 0.196. The Kier molecular flexibility index (Phi) is 23.0. The Bertz CT molecular complexity index is 2110. The number of rotatable bonds is 19. The van der Waals surface area contributed by atoms with Crippen molar-refractivity contribution >= 4 is 76.2 Å². The third kappa shape index (κ3) is 18.2. The van der Waals surface area contributed by atoms with E-state index in [1.807, 2.05) is 121 Å². The highest BCUT2D eigenvalue weighted by Gasteiger charge is 2.18. The van der Waals surface area contributed by atoms with Crippen LogP contribution in [0.4, 0.5) is 0 Å². The summed E-state index contributed by atoms with van der Waals surface area (Å²) < 4.78 is 0. The van der Waals surface area contributed by atoms with Gasteiger partial charge in [-0.25, -0.2) is 0 Å². The number of carbonyl (C=O) groups is 3. The molecule has 62 heavy (non-hydrogen) atoms. The molecular weight excluding hydrogens is 870 g/mol. The molecule has 4 N–H and O–H groups in total. The SMILES string of the molecule is C=CCNC(=O)CSC(c1ccccc1)c1ccccc1.CCCNC(=O)CSC(c1ccccc1)c1ccccc1.NC(=O)CSC(c1cccc(Cl)c1)c1cccc(Cl)c1. The first-order valence-corrected chi connectivity index (χ1v) is 24.1. The van der Waals surface area contributed by atoms with Gasteiger partial charge in [-0.1, -0.05) is 182 Å². The molecule has 6 aromatic carbocycles. The van der Waals surface area contributed by atoms with Gasteiger partial charge in [0.2, 0.25) is 17.7 Å². The Balaban J connectivity index is 0.000000205. The van der Waals surface area contributed by atoms with Crippen molar-refractivity contribution in [1.29, 1.82) is 0 Å². The van der Waals surface area contributed by atoms with Crippen molar-refractivity contribution < 1.29 is 14.4 Å². The summed E-state index contributed by atoms with van der Waals surface area (Å²) in [5.41, 5.74) is 12.2. The van der Waals surface area contributed by atoms with Crippen LogP contribution in [0.5, 0.6) is 0 Å². The van der Waals surface area contributed by atoms with Gasteiger partial charge in [-0.05, 0) is 64.1 Å². The van der Waals surface area contributed by atoms with Crippen LogP contribution in [0.2, 0.25) is 10.0 Å². The van der Waals surface area contributed by atoms with Gasteiger partial charge in [0, 0.05) is 23.1 Å². The molecule has 0 aliphatic carbocycles. The van der Waals surface area contributed by atoms with E-state index in [1.54, 1.807) is 29.6 Å². The minimum absolute atomic E-state index is 0.0279. The fourth-order valence-electron chi connectivity index (χ4n) is 6.04. The second kappa shape index (κ2) is 28.7. The molecule has 0 saturated carbocycles. The van der Waals surface area contributed by atoms with Gasteiger partial charge in [-0.3, -0.25) is 14.4 Å². The summed E-state index contributed by atoms with van der Waals surface area (Å²) in [4.78, 5) is 34.7. The van der Waals surface area contributed by atoms with E-state index in [-0.39, 0.29) is 39.2 Å². The largest absolute Gasteiger partial charge is 0.369 e. The summed E-state index contributed by atoms with van der Waals surface area (Å²) in [5, 5.41) is 7.40. The predicted octanol–water partition coefficient (Wildman–Crippen LogP) is 12.1. The van der Waals surface area contributed by atoms with E-state index in [0.717, 1.165) is 24.1 Å². The molecule has 6 aromatic rings. The molecule has 322 valence electrons. The third-order valence-electron chi connectivity index (χ3n) is 8.88. The quantitative estimate of drug-likeness (QED) is 0.0700. The fourth-order valence-corrected chi connectivity index (χ4v) is 9.69. The van der Waals surface area contributed by atoms with Crippen LogP contribution in [0.25, 0.3) is 0 Å². The van der Waals surface area contributed by atoms with E-state index in [0.29, 0.717) is 28.1 Å². The molecular formula is C51H53Cl2N3O3S3. The molecule has 6 rings (SSSR count). The molecule has 0 saturated heterocycles. The minimum Gasteiger partial charge on any atom is -0.369 e. The topological polar surface area (TPSA) is 101 Å². The third-order valence-corrected chi connectivity index (χ3v) is 13.3. The zero-order chi connectivity index (χ0) is 44.4. The molecule has 0 aliphatic heterocycles. The van der Waals surface area contributed by atoms with Gasteiger partial charge in [-0.15, -0.1) is 41.9 Å². The lowest BCUT2D eigenvalue weighted by Crippen LogP contribution is -2.26. The number of primary amides is 1. The lowest BCUT2D eigenvalue weighted by atomic mass is 10.0. The van der Waals surface area contributed by atoms with Gasteiger partial charge in [-0.2, -0.15) is 0 Å². The number of nitrogens with one attached hydrogen (secondary N) is 2. The van der Waals surface area contributed by atoms with Crippen LogP contribution in [0.3, 0.4) is 0 Å². The van der Waals surface area contributed by atoms with Crippen LogP contribution in [0.1, 0.15) is 62.5 Å². The van der Waals surface area contributed by atoms with Crippen molar-refractivity contribution in [2.24, 2.45) is 5.73 Å². The summed E-state index contributed by atoms with van der Waals surface area (Å²) in [5.74, 6) is 0.958. The zero-order valence-corrected chi connectivity index (χ0v) is 38.7. The van der Waals surface area contributed by atoms with Gasteiger partial charge >= 0.3 is 0 Å². The summed E-state index contributed by atoms with van der Waals surface area (Å²) in [6.45, 7) is 6.93. The van der Waals surface area contributed by atoms with Gasteiger partial charge in [0.1, 0.15) is 0 Å². The molecule has 11 heteroatoms. The number of carbonyl (C=O) groups excluding carboxylic acids is 3. The molecule has 0 radical (unpaired) electrons. The van der Waals surface area contributed by atoms with Crippen LogP contribution >= 0.6 is 58.5 Å². The summed E-state index contributed by atoms with van der Waals surface area (Å²) in [6, 6.07) is 56.4. The molecule has 0 aromatic heterocycles. The molecule has 0 unspecified atom stereocenters. The van der Waals surface area contributed by atoms with Crippen molar-refractivity contribution in [1.82, 2.24) is 10.6 Å². The van der Waals surface area contributed by atoms with Crippen molar-refractivity contribution in [3.05, 3.63) is 226 Å². The first-order valence-electron chi connectivity index (χ1n) is 20.2. The second-order valence-corrected chi connectivity index (χ2v) is 17.9. The molecule has 0 heterocycles. The summed E-state index contributed by atoms with van der Waals surface area (Å²) in [6.07, 6.45) is 2.66. The smallest absolute Gasteiger partial charge is 0.230 e. The molecule has 6 nitrogen and oxygen atoms in total. The molecule has 3 amide bonds. The van der Waals surface area contributed by atoms with Crippen molar-refractivity contribution in [3.8, 4) is 0 Å². The van der Waals surface area contributed by atoms with Crippen molar-refractivity contribution in [2.75, 3.05) is 30.3 Å². The Morgan fingerprint density at radius 1 is 0.532 bits per heavy atom. The Labute approximate surface area is 389 Å². The van der Waals surface area contributed by atoms with E-state index in [4.69, 9.17) is 28.9 Å². The minimum atomic E-state index is -0.343. The predicted molar refractivity (Wildman–Crippen MR) is 267 cm³/mol. The lowest BCUT2D eigenvalue weighted by molar-refractivity contribution is -0.119. The number of benzene rings is 6. The number of thioether (sulfide) groups is 3. The molecule has 0 atom stereocenters. The highest BCUT2D eigenvalue weighted by atomic mass is 35.5. The average molecular weight is 923 g/mol. The standard InChI is InChI=1S/C18H21NOS.C18H19NOS.C15H13Cl2NOS/c2*1-2-13-19-17(20)14-21-18(15-9-5-3-6-10-15)16-11-7-4-8-12-16;16-12-5-1-3-10(7-12)15(20-9-14(18)19)11-4-2-6-13(17)8-11/h3-12,18H,2,13-14H2,1H3,(H,19,20);2-12,18H,1,13-14H2,(H,19,20);1-8,15H,9H2,(H2,18,19). The number of hydrogen-bond acceptors (Lipinski definition) is 6. The number of hydrogen-bond donors (Lipinski definition) is 3. The van der Waals surface area contributed by atoms with Crippen molar-refractivity contribution in [3.63, 3.8) is 0 Å². The maximum atomic E-state index is 11.8. The Morgan fingerprint density at radius 2 is 0.871 bits per heavy atom. The lowest BCUT2D eigenvalue weighted by Gasteiger charge is -2.17. The first-order chi connectivity index (χ1) is 30.2. The highest BCUT2D eigenvalue weighted by Crippen LogP contribution is 2.38. The van der Waals surface area contributed by atoms with Crippen molar-refractivity contribution in [2.45, 2.75) is 29.1 Å². The van der Waals surface area contributed by atoms with Gasteiger partial charge in [0.25, 0.3) is 0 Å². The average Bonchev–Trinajstić information content (AvgIpc) is 3.30. The molecule has 0 bridgehead atoms. The van der Waals surface area contributed by atoms with Crippen LogP contribution in [-0.4, -0.2) is 48.1 Å². The summed E-state index contributed by atoms with van der Waals surface area (Å²) >= 11 is 16.9. The maximum Gasteiger partial charge on any atom is 0.230 e. The second-order valence-electron chi connectivity index (χ2n) is 13.7. The highest BCUT2D eigenvalue weighted by molar-refractivity contribution is 8.00. The van der Waals surface area contributed by atoms with E-state index in [1.165, 1.54) is 34.0 Å². The van der Waals surface area contributed by atoms with Crippen LogP contribution < -0.4 is 16.4 Å². The van der Waals surface area contributed by atoms with Crippen LogP contribution in [0.15, 0.2) is 183 Å². The first kappa shape index (κ1) is 49.8. The monoisotopic (exact) mass is 921 g/mol. The van der Waals surface area contributed by atoms with E-state index >= 15 is 0 Å². The number of nitrogens with two attached hydrogens (primary N) is 1. The normalized spacial score (nSPS) is 10.5. The van der Waals surface area contributed by atoms with E-state index in [9.17, 15) is 14.4 Å². The molecule has 0 aliphatic rings. The number of halogens is 2. The Morgan fingerprint density at radius 3 is 1.21 bits per heavy atom. The van der Waals surface area contributed by atoms with Gasteiger partial charge < -0.3 is 16.4 Å². The maximum absolute atomic E-state index is 11.8. The van der Waals surface area contributed by atoms with Crippen LogP contribution in [-0.2, 0) is 14.4 Å². The van der Waals surface area contributed by atoms with Crippen LogP contribution in [0, 0.1) is 0 Å². The number of amides is 3. The molecule has 0 fully saturated rings. The van der Waals surface area contributed by atoms with Gasteiger partial charge in [0.15, 0.2) is 0 Å². The molecule has 0 spiro atoms. The van der Waals surface area contributed by atoms with E-state index in [2.05, 4.69) is 72.7 Å². The Hall–Kier alpha value is -4.90. The zero-order valence-electron chi connectivity index (χ0n) is 34.7.